The number of fused-ring (bicyclic) bond motifs is 17. The summed E-state index contributed by atoms with van der Waals surface area (Å²) in [6.45, 7) is 31.7. The lowest BCUT2D eigenvalue weighted by atomic mass is 9.89. The van der Waals surface area contributed by atoms with E-state index in [-0.39, 0.29) is 40.9 Å². The predicted molar refractivity (Wildman–Crippen MR) is 588 cm³/mol. The van der Waals surface area contributed by atoms with Crippen LogP contribution >= 0.6 is 0 Å². The summed E-state index contributed by atoms with van der Waals surface area (Å²) in [5, 5.41) is 24.9. The number of rotatable bonds is 28. The van der Waals surface area contributed by atoms with Crippen LogP contribution in [0.3, 0.4) is 0 Å². The number of nitrogens with zero attached hydrogens (tertiary/aromatic N) is 6. The summed E-state index contributed by atoms with van der Waals surface area (Å²) in [5.74, 6) is -6.19. The van der Waals surface area contributed by atoms with Gasteiger partial charge in [0.1, 0.15) is 22.9 Å². The molecule has 19 rings (SSSR count). The van der Waals surface area contributed by atoms with Crippen molar-refractivity contribution >= 4 is 161 Å². The second-order valence-electron chi connectivity index (χ2n) is 39.1. The lowest BCUT2D eigenvalue weighted by Crippen LogP contribution is -2.34. The van der Waals surface area contributed by atoms with Crippen LogP contribution in [0.25, 0.3) is 109 Å². The number of carbonyl (C=O) groups excluding carboxylic acids is 6. The molecule has 16 nitrogen and oxygen atoms in total. The minimum Gasteiger partial charge on any atom is -0.486 e. The quantitative estimate of drug-likeness (QED) is 0.0150. The van der Waals surface area contributed by atoms with Crippen LogP contribution in [0.2, 0.25) is 0 Å². The van der Waals surface area contributed by atoms with Gasteiger partial charge in [0.25, 0.3) is 0 Å². The van der Waals surface area contributed by atoms with E-state index in [0.717, 1.165) is 198 Å². The van der Waals surface area contributed by atoms with Gasteiger partial charge in [-0.05, 0) is 222 Å². The first-order chi connectivity index (χ1) is 71.8. The van der Waals surface area contributed by atoms with Gasteiger partial charge in [-0.1, -0.05) is 272 Å². The van der Waals surface area contributed by atoms with Gasteiger partial charge in [0, 0.05) is 172 Å². The first kappa shape index (κ1) is 105. The second-order valence-corrected chi connectivity index (χ2v) is 39.1. The number of aryl methyl sites for hydroxylation is 13. The Morgan fingerprint density at radius 1 is 0.333 bits per heavy atom. The van der Waals surface area contributed by atoms with E-state index in [1.165, 1.54) is 39.0 Å². The summed E-state index contributed by atoms with van der Waals surface area (Å²) in [4.78, 5) is 95.1. The first-order valence-electron chi connectivity index (χ1n) is 50.4. The van der Waals surface area contributed by atoms with E-state index < -0.39 is 49.5 Å². The van der Waals surface area contributed by atoms with Crippen LogP contribution < -0.4 is 4.74 Å². The fraction of sp³-hybridized carbons (Fsp3) is 0.236. The molecule has 1 atom stereocenters. The number of alkyl halides is 7. The molecule has 0 spiro atoms. The molecule has 0 fully saturated rings. The normalized spacial score (nSPS) is 12.4. The lowest BCUT2D eigenvalue weighted by Gasteiger charge is -2.19. The summed E-state index contributed by atoms with van der Waals surface area (Å²) >= 11 is 0. The summed E-state index contributed by atoms with van der Waals surface area (Å²) in [7, 11) is 0. The van der Waals surface area contributed by atoms with Gasteiger partial charge in [-0.15, -0.1) is 0 Å². The van der Waals surface area contributed by atoms with E-state index in [1.54, 1.807) is 28.8 Å². The monoisotopic (exact) mass is 2020 g/mol. The molecule has 0 bridgehead atoms. The maximum atomic E-state index is 14.7. The predicted octanol–water partition coefficient (Wildman–Crippen LogP) is 31.5. The van der Waals surface area contributed by atoms with Crippen molar-refractivity contribution in [1.82, 2.24) is 13.7 Å². The van der Waals surface area contributed by atoms with Crippen molar-refractivity contribution in [2.75, 3.05) is 6.61 Å². The van der Waals surface area contributed by atoms with Crippen LogP contribution in [0, 0.1) is 82.1 Å². The van der Waals surface area contributed by atoms with E-state index in [0.29, 0.717) is 88.9 Å². The van der Waals surface area contributed by atoms with E-state index in [4.69, 9.17) is 19.2 Å². The number of ketones is 3. The number of oxime groups is 3. The van der Waals surface area contributed by atoms with Crippen molar-refractivity contribution in [2.45, 2.75) is 188 Å². The molecular formula is C127H115F7N6O10. The fourth-order valence-corrected chi connectivity index (χ4v) is 21.8. The largest absolute Gasteiger partial charge is 0.486 e. The molecule has 0 N–H and O–H groups in total. The van der Waals surface area contributed by atoms with E-state index in [2.05, 4.69) is 107 Å². The Morgan fingerprint density at radius 3 is 1.03 bits per heavy atom. The molecule has 3 heterocycles. The average molecular weight is 2020 g/mol. The topological polar surface area (TPSA) is 191 Å². The third-order valence-electron chi connectivity index (χ3n) is 28.2. The van der Waals surface area contributed by atoms with Crippen molar-refractivity contribution in [1.29, 1.82) is 0 Å². The Hall–Kier alpha value is -16.3. The number of carbonyl (C=O) groups is 6. The average Bonchev–Trinajstić information content (AvgIpc) is 1.55. The minimum absolute atomic E-state index is 0.0218. The van der Waals surface area contributed by atoms with Gasteiger partial charge in [0.15, 0.2) is 24.0 Å². The maximum Gasteiger partial charge on any atom is 0.390 e. The molecule has 0 radical (unpaired) electrons. The molecule has 0 saturated carbocycles. The molecule has 19 aromatic rings. The molecule has 0 saturated heterocycles. The number of unbranched alkanes of at least 4 members (excludes halogenated alkanes) is 1. The van der Waals surface area contributed by atoms with E-state index in [9.17, 15) is 59.5 Å². The van der Waals surface area contributed by atoms with Crippen LogP contribution in [0.15, 0.2) is 282 Å². The number of hydrogen-bond donors (Lipinski definition) is 0. The Morgan fingerprint density at radius 2 is 0.660 bits per heavy atom. The SMILES string of the molecule is CC(=O)O/N=C(/c1ccc2c(c1)c1cc(C(=O)c3c(C)cc(C)cc3C)c3ccccc3c1n2CCC(F)(F)F)c1ccccc1C.CCCCC(CC)Cn1c2ccc(/C(=N/OC(C)=O)c3ccccc3OCC(F)(F)C(F)F)cc2c2cc(C(=O)c3c(C)cc(C)cc3C)c3ccccc3c21.CCn1c2c3ccccc3c(C(=O)c3c(C)cc(C)cc3C)cc2c2cc(/C(=N/OC(C)=O)c3ccccc3C)c3ccccc3c21. The number of hydrogen-bond acceptors (Lipinski definition) is 13. The van der Waals surface area contributed by atoms with Gasteiger partial charge in [-0.25, -0.2) is 23.2 Å². The summed E-state index contributed by atoms with van der Waals surface area (Å²) in [6, 6.07) is 84.6. The number of halogens is 7. The van der Waals surface area contributed by atoms with Crippen LogP contribution in [-0.2, 0) is 48.5 Å². The van der Waals surface area contributed by atoms with E-state index >= 15 is 0 Å². The minimum atomic E-state index is -4.40. The van der Waals surface area contributed by atoms with Crippen molar-refractivity contribution in [3.63, 3.8) is 0 Å². The highest BCUT2D eigenvalue weighted by atomic mass is 19.4. The molecule has 0 aliphatic carbocycles. The van der Waals surface area contributed by atoms with Gasteiger partial charge in [0.2, 0.25) is 0 Å². The van der Waals surface area contributed by atoms with Gasteiger partial charge in [-0.3, -0.25) is 14.4 Å². The number of para-hydroxylation sites is 1. The van der Waals surface area contributed by atoms with Crippen molar-refractivity contribution in [2.24, 2.45) is 21.4 Å². The molecule has 0 aliphatic rings. The Labute approximate surface area is 864 Å². The van der Waals surface area contributed by atoms with Crippen LogP contribution in [0.4, 0.5) is 30.7 Å². The molecule has 1 unspecified atom stereocenters. The zero-order chi connectivity index (χ0) is 107. The fourth-order valence-electron chi connectivity index (χ4n) is 21.8. The van der Waals surface area contributed by atoms with Gasteiger partial charge in [0.05, 0.1) is 28.5 Å². The van der Waals surface area contributed by atoms with Crippen molar-refractivity contribution in [3.8, 4) is 5.75 Å². The van der Waals surface area contributed by atoms with Gasteiger partial charge >= 0.3 is 36.4 Å². The van der Waals surface area contributed by atoms with Crippen molar-refractivity contribution in [3.05, 3.63) is 395 Å². The highest BCUT2D eigenvalue weighted by Crippen LogP contribution is 2.47. The number of aromatic nitrogens is 3. The third kappa shape index (κ3) is 21.0. The van der Waals surface area contributed by atoms with Crippen LogP contribution in [0.1, 0.15) is 216 Å². The number of ether oxygens (including phenoxy) is 1. The third-order valence-corrected chi connectivity index (χ3v) is 28.2. The van der Waals surface area contributed by atoms with Gasteiger partial charge in [-0.2, -0.15) is 22.0 Å². The Balaban J connectivity index is 0.000000154. The summed E-state index contributed by atoms with van der Waals surface area (Å²) in [5.41, 5.74) is 24.3. The second kappa shape index (κ2) is 43.6. The van der Waals surface area contributed by atoms with Crippen LogP contribution in [-0.4, -0.2) is 91.2 Å². The molecule has 3 aromatic heterocycles. The summed E-state index contributed by atoms with van der Waals surface area (Å²) in [6.07, 6.45) is -5.13. The Bertz CT molecular complexity index is 8720. The summed E-state index contributed by atoms with van der Waals surface area (Å²) < 4.78 is 107. The standard InChI is InChI=1S/C46H46F4N2O4.C42H36N2O3.C39H33F3N2O3/c1-7-9-14-31(8-2)25-52-39-20-19-32(42(51-56-30(6)53)35-17-12-13-18-40(35)55-26-46(49,50)45(47)48)23-36(39)37-24-38(33-15-10-11-16-34(33)43(37)52)44(54)41-28(4)21-27(3)22-29(41)5;1-7-44-40-32-18-12-10-16-30(32)34(39(43-47-28(6)45)29-15-9-8-14-25(29)3)22-35(40)36-23-37(31-17-11-13-19-33(31)41(36)44)42(46)38-26(4)20-24(2)21-27(38)5;1-22-18-24(3)35(25(4)19-22)38(46)33-21-32-31-20-27(36(43-47-26(5)45)28-11-7-6-10-23(28)2)14-15-34(31)44(17-16-39(40,41)42)37(32)30-13-9-8-12-29(30)33/h10-13,15-24,31,45H,7-9,14,25-26H2,1-6H3;8-23H,7H2,1-6H3;6-15,18-21H,16-17H2,1-5H3/b51-42-;43-39+;43-36-. The highest BCUT2D eigenvalue weighted by molar-refractivity contribution is 6.33. The zero-order valence-corrected chi connectivity index (χ0v) is 86.8. The molecule has 150 heavy (non-hydrogen) atoms. The number of benzene rings is 16. The maximum absolute atomic E-state index is 14.7. The molecule has 0 amide bonds. The molecule has 0 aliphatic heterocycles. The molecule has 23 heteroatoms. The highest BCUT2D eigenvalue weighted by Gasteiger charge is 2.42. The van der Waals surface area contributed by atoms with Crippen molar-refractivity contribution < 1.29 is 78.7 Å². The first-order valence-corrected chi connectivity index (χ1v) is 50.4. The zero-order valence-electron chi connectivity index (χ0n) is 86.8. The van der Waals surface area contributed by atoms with E-state index in [1.807, 2.05) is 239 Å². The smallest absolute Gasteiger partial charge is 0.390 e. The lowest BCUT2D eigenvalue weighted by molar-refractivity contribution is -0.148. The molecule has 762 valence electrons. The van der Waals surface area contributed by atoms with Gasteiger partial charge < -0.3 is 33.0 Å². The Kier molecular flexibility index (Phi) is 30.6. The molecule has 16 aromatic carbocycles. The molecular weight excluding hydrogens is 1900 g/mol. The van der Waals surface area contributed by atoms with Crippen LogP contribution in [0.5, 0.6) is 5.75 Å².